The van der Waals surface area contributed by atoms with E-state index in [1.54, 1.807) is 12.0 Å². The molecule has 1 N–H and O–H groups in total. The summed E-state index contributed by atoms with van der Waals surface area (Å²) in [5.41, 5.74) is 1.35. The van der Waals surface area contributed by atoms with Crippen molar-refractivity contribution in [2.24, 2.45) is 0 Å². The first kappa shape index (κ1) is 19.5. The number of aromatic nitrogens is 2. The third-order valence-electron chi connectivity index (χ3n) is 4.28. The van der Waals surface area contributed by atoms with E-state index >= 15 is 0 Å². The van der Waals surface area contributed by atoms with Gasteiger partial charge in [0.15, 0.2) is 5.82 Å². The quantitative estimate of drug-likeness (QED) is 0.789. The number of piperazine rings is 1. The molecular formula is C19H25BrN4O3. The number of anilines is 1. The van der Waals surface area contributed by atoms with E-state index in [2.05, 4.69) is 31.0 Å². The normalized spacial score (nSPS) is 15.0. The summed E-state index contributed by atoms with van der Waals surface area (Å²) in [7, 11) is 1.65. The van der Waals surface area contributed by atoms with E-state index in [1.165, 1.54) is 0 Å². The average Bonchev–Trinajstić information content (AvgIpc) is 3.10. The lowest BCUT2D eigenvalue weighted by Crippen LogP contribution is -2.50. The van der Waals surface area contributed by atoms with Crippen molar-refractivity contribution in [3.63, 3.8) is 0 Å². The number of aromatic amines is 1. The van der Waals surface area contributed by atoms with Gasteiger partial charge in [0.05, 0.1) is 17.3 Å². The number of methoxy groups -OCH3 is 1. The third-order valence-corrected chi connectivity index (χ3v) is 4.91. The molecule has 2 aromatic rings. The molecule has 1 aromatic carbocycles. The van der Waals surface area contributed by atoms with E-state index in [4.69, 9.17) is 9.47 Å². The maximum absolute atomic E-state index is 12.2. The molecule has 0 aliphatic carbocycles. The van der Waals surface area contributed by atoms with Crippen molar-refractivity contribution in [1.29, 1.82) is 0 Å². The molecule has 146 valence electrons. The van der Waals surface area contributed by atoms with Gasteiger partial charge in [-0.2, -0.15) is 5.10 Å². The van der Waals surface area contributed by atoms with Crippen molar-refractivity contribution in [3.8, 4) is 17.0 Å². The van der Waals surface area contributed by atoms with Crippen molar-refractivity contribution < 1.29 is 14.3 Å². The number of rotatable bonds is 3. The van der Waals surface area contributed by atoms with Crippen LogP contribution in [0.3, 0.4) is 0 Å². The van der Waals surface area contributed by atoms with Crippen LogP contribution in [0.1, 0.15) is 20.8 Å². The van der Waals surface area contributed by atoms with Crippen LogP contribution in [0.5, 0.6) is 5.75 Å². The lowest BCUT2D eigenvalue weighted by Gasteiger charge is -2.35. The number of para-hydroxylation sites is 1. The van der Waals surface area contributed by atoms with E-state index in [0.29, 0.717) is 26.2 Å². The van der Waals surface area contributed by atoms with Gasteiger partial charge in [-0.05, 0) is 48.8 Å². The zero-order valence-corrected chi connectivity index (χ0v) is 17.7. The number of carbonyl (C=O) groups excluding carboxylic acids is 1. The molecule has 0 saturated carbocycles. The van der Waals surface area contributed by atoms with Gasteiger partial charge >= 0.3 is 6.09 Å². The zero-order chi connectivity index (χ0) is 19.6. The molecule has 1 amide bonds. The summed E-state index contributed by atoms with van der Waals surface area (Å²) in [6, 6.07) is 7.90. The Labute approximate surface area is 167 Å². The number of nitrogens with zero attached hydrogens (tertiary/aromatic N) is 3. The van der Waals surface area contributed by atoms with E-state index in [9.17, 15) is 4.79 Å². The van der Waals surface area contributed by atoms with Gasteiger partial charge in [0.2, 0.25) is 0 Å². The number of H-pyrrole nitrogens is 1. The van der Waals surface area contributed by atoms with Crippen molar-refractivity contribution >= 4 is 27.8 Å². The van der Waals surface area contributed by atoms with Crippen molar-refractivity contribution in [2.45, 2.75) is 26.4 Å². The molecule has 27 heavy (non-hydrogen) atoms. The molecule has 0 bridgehead atoms. The molecule has 0 unspecified atom stereocenters. The number of nitrogens with one attached hydrogen (secondary N) is 1. The SMILES string of the molecule is COc1c(Br)cccc1-c1cc(N2CCN(C(=O)OC(C)(C)C)CC2)n[nH]1. The van der Waals surface area contributed by atoms with Crippen molar-refractivity contribution in [1.82, 2.24) is 15.1 Å². The second-order valence-corrected chi connectivity index (χ2v) is 8.27. The van der Waals surface area contributed by atoms with Crippen LogP contribution in [0.4, 0.5) is 10.6 Å². The Morgan fingerprint density at radius 2 is 1.93 bits per heavy atom. The molecule has 0 spiro atoms. The predicted molar refractivity (Wildman–Crippen MR) is 108 cm³/mol. The lowest BCUT2D eigenvalue weighted by molar-refractivity contribution is 0.0240. The van der Waals surface area contributed by atoms with Gasteiger partial charge in [0.1, 0.15) is 11.4 Å². The average molecular weight is 437 g/mol. The Kier molecular flexibility index (Phi) is 5.64. The fourth-order valence-corrected chi connectivity index (χ4v) is 3.51. The smallest absolute Gasteiger partial charge is 0.410 e. The minimum Gasteiger partial charge on any atom is -0.495 e. The first-order chi connectivity index (χ1) is 12.8. The highest BCUT2D eigenvalue weighted by Crippen LogP contribution is 2.36. The molecule has 8 heteroatoms. The molecular weight excluding hydrogens is 412 g/mol. The summed E-state index contributed by atoms with van der Waals surface area (Å²) < 4.78 is 11.8. The van der Waals surface area contributed by atoms with E-state index < -0.39 is 5.60 Å². The third kappa shape index (κ3) is 4.55. The van der Waals surface area contributed by atoms with Crippen LogP contribution in [0, 0.1) is 0 Å². The Morgan fingerprint density at radius 3 is 2.56 bits per heavy atom. The number of carbonyl (C=O) groups is 1. The lowest BCUT2D eigenvalue weighted by atomic mass is 10.1. The Balaban J connectivity index is 1.67. The molecule has 0 radical (unpaired) electrons. The number of hydrogen-bond acceptors (Lipinski definition) is 5. The highest BCUT2D eigenvalue weighted by Gasteiger charge is 2.27. The molecule has 0 atom stereocenters. The molecule has 1 aliphatic rings. The van der Waals surface area contributed by atoms with Gasteiger partial charge in [-0.15, -0.1) is 0 Å². The summed E-state index contributed by atoms with van der Waals surface area (Å²) in [6.45, 7) is 8.26. The fraction of sp³-hybridized carbons (Fsp3) is 0.474. The van der Waals surface area contributed by atoms with Gasteiger partial charge in [-0.25, -0.2) is 4.79 Å². The molecule has 2 heterocycles. The molecule has 1 fully saturated rings. The van der Waals surface area contributed by atoms with Crippen LogP contribution in [-0.2, 0) is 4.74 Å². The van der Waals surface area contributed by atoms with Crippen LogP contribution in [0.25, 0.3) is 11.3 Å². The number of amides is 1. The van der Waals surface area contributed by atoms with Crippen LogP contribution >= 0.6 is 15.9 Å². The summed E-state index contributed by atoms with van der Waals surface area (Å²) >= 11 is 3.51. The topological polar surface area (TPSA) is 70.7 Å². The maximum Gasteiger partial charge on any atom is 0.410 e. The summed E-state index contributed by atoms with van der Waals surface area (Å²) in [6.07, 6.45) is -0.260. The Morgan fingerprint density at radius 1 is 1.22 bits per heavy atom. The molecule has 3 rings (SSSR count). The minimum absolute atomic E-state index is 0.260. The van der Waals surface area contributed by atoms with Crippen LogP contribution < -0.4 is 9.64 Å². The number of ether oxygens (including phenoxy) is 2. The largest absolute Gasteiger partial charge is 0.495 e. The van der Waals surface area contributed by atoms with Crippen LogP contribution in [0.2, 0.25) is 0 Å². The molecule has 7 nitrogen and oxygen atoms in total. The maximum atomic E-state index is 12.2. The van der Waals surface area contributed by atoms with E-state index in [1.807, 2.05) is 45.0 Å². The monoisotopic (exact) mass is 436 g/mol. The Bertz CT molecular complexity index is 808. The zero-order valence-electron chi connectivity index (χ0n) is 16.1. The van der Waals surface area contributed by atoms with Crippen LogP contribution in [-0.4, -0.2) is 60.1 Å². The fourth-order valence-electron chi connectivity index (χ4n) is 2.98. The second-order valence-electron chi connectivity index (χ2n) is 7.41. The van der Waals surface area contributed by atoms with Crippen LogP contribution in [0.15, 0.2) is 28.7 Å². The van der Waals surface area contributed by atoms with Crippen molar-refractivity contribution in [2.75, 3.05) is 38.2 Å². The summed E-state index contributed by atoms with van der Waals surface area (Å²) in [5, 5.41) is 7.53. The molecule has 1 saturated heterocycles. The van der Waals surface area contributed by atoms with Gasteiger partial charge < -0.3 is 19.3 Å². The Hall–Kier alpha value is -2.22. The van der Waals surface area contributed by atoms with E-state index in [0.717, 1.165) is 27.3 Å². The second kappa shape index (κ2) is 7.80. The molecule has 1 aromatic heterocycles. The number of hydrogen-bond donors (Lipinski definition) is 1. The van der Waals surface area contributed by atoms with Gasteiger partial charge in [-0.3, -0.25) is 5.10 Å². The van der Waals surface area contributed by atoms with E-state index in [-0.39, 0.29) is 6.09 Å². The first-order valence-electron chi connectivity index (χ1n) is 8.89. The van der Waals surface area contributed by atoms with Crippen molar-refractivity contribution in [3.05, 3.63) is 28.7 Å². The minimum atomic E-state index is -0.478. The first-order valence-corrected chi connectivity index (χ1v) is 9.69. The highest BCUT2D eigenvalue weighted by atomic mass is 79.9. The molecule has 1 aliphatic heterocycles. The summed E-state index contributed by atoms with van der Waals surface area (Å²) in [4.78, 5) is 16.1. The summed E-state index contributed by atoms with van der Waals surface area (Å²) in [5.74, 6) is 1.62. The van der Waals surface area contributed by atoms with Gasteiger partial charge in [0, 0.05) is 37.8 Å². The number of halogens is 1. The number of benzene rings is 1. The standard InChI is InChI=1S/C19H25BrN4O3/c1-19(2,3)27-18(25)24-10-8-23(9-11-24)16-12-15(21-22-16)13-6-5-7-14(20)17(13)26-4/h5-7,12H,8-11H2,1-4H3,(H,21,22). The predicted octanol–water partition coefficient (Wildman–Crippen LogP) is 3.90. The van der Waals surface area contributed by atoms with Gasteiger partial charge in [-0.1, -0.05) is 6.07 Å². The highest BCUT2D eigenvalue weighted by molar-refractivity contribution is 9.10. The van der Waals surface area contributed by atoms with Gasteiger partial charge in [0.25, 0.3) is 0 Å².